The van der Waals surface area contributed by atoms with Gasteiger partial charge in [0, 0.05) is 6.04 Å². The minimum atomic E-state index is 0.429. The van der Waals surface area contributed by atoms with Gasteiger partial charge in [-0.05, 0) is 55.7 Å². The second kappa shape index (κ2) is 6.24. The number of hydrogen-bond donors (Lipinski definition) is 1. The number of methoxy groups -OCH3 is 1. The van der Waals surface area contributed by atoms with Crippen molar-refractivity contribution in [2.24, 2.45) is 11.7 Å². The number of hydrogen-bond acceptors (Lipinski definition) is 2. The maximum absolute atomic E-state index is 6.20. The summed E-state index contributed by atoms with van der Waals surface area (Å²) in [5.41, 5.74) is 8.83. The molecule has 0 aliphatic heterocycles. The van der Waals surface area contributed by atoms with Crippen molar-refractivity contribution in [2.75, 3.05) is 7.11 Å². The molecule has 1 aliphatic rings. The molecule has 18 heavy (non-hydrogen) atoms. The van der Waals surface area contributed by atoms with E-state index >= 15 is 0 Å². The maximum atomic E-state index is 6.20. The first kappa shape index (κ1) is 13.4. The van der Waals surface area contributed by atoms with E-state index in [0.717, 1.165) is 18.1 Å². The summed E-state index contributed by atoms with van der Waals surface area (Å²) in [7, 11) is 1.73. The monoisotopic (exact) mass is 247 g/mol. The van der Waals surface area contributed by atoms with E-state index < -0.39 is 0 Å². The summed E-state index contributed by atoms with van der Waals surface area (Å²) in [5.74, 6) is 1.70. The van der Waals surface area contributed by atoms with E-state index in [1.54, 1.807) is 7.11 Å². The third-order valence-electron chi connectivity index (χ3n) is 4.23. The highest BCUT2D eigenvalue weighted by Crippen LogP contribution is 2.27. The number of benzene rings is 1. The highest BCUT2D eigenvalue weighted by molar-refractivity contribution is 5.36. The topological polar surface area (TPSA) is 35.2 Å². The first-order valence-electron chi connectivity index (χ1n) is 7.10. The van der Waals surface area contributed by atoms with Crippen LogP contribution in [0.5, 0.6) is 5.75 Å². The van der Waals surface area contributed by atoms with E-state index in [4.69, 9.17) is 10.5 Å². The minimum Gasteiger partial charge on any atom is -0.496 e. The van der Waals surface area contributed by atoms with Gasteiger partial charge in [-0.1, -0.05) is 25.0 Å². The van der Waals surface area contributed by atoms with E-state index in [0.29, 0.717) is 6.04 Å². The van der Waals surface area contributed by atoms with Gasteiger partial charge in [-0.3, -0.25) is 0 Å². The summed E-state index contributed by atoms with van der Waals surface area (Å²) in [5, 5.41) is 0. The Kier molecular flexibility index (Phi) is 4.65. The quantitative estimate of drug-likeness (QED) is 0.884. The molecule has 2 unspecified atom stereocenters. The smallest absolute Gasteiger partial charge is 0.121 e. The van der Waals surface area contributed by atoms with Crippen LogP contribution in [0.3, 0.4) is 0 Å². The Morgan fingerprint density at radius 2 is 2.06 bits per heavy atom. The Hall–Kier alpha value is -1.02. The summed E-state index contributed by atoms with van der Waals surface area (Å²) in [6.45, 7) is 2.11. The van der Waals surface area contributed by atoms with Gasteiger partial charge >= 0.3 is 0 Å². The number of nitrogens with two attached hydrogens (primary N) is 1. The average Bonchev–Trinajstić information content (AvgIpc) is 2.38. The first-order chi connectivity index (χ1) is 8.70. The fraction of sp³-hybridized carbons (Fsp3) is 0.625. The van der Waals surface area contributed by atoms with Crippen LogP contribution < -0.4 is 10.5 Å². The lowest BCUT2D eigenvalue weighted by Gasteiger charge is -2.28. The number of rotatable bonds is 4. The van der Waals surface area contributed by atoms with Gasteiger partial charge in [0.1, 0.15) is 5.75 Å². The van der Waals surface area contributed by atoms with Crippen molar-refractivity contribution in [2.45, 2.75) is 51.5 Å². The second-order valence-corrected chi connectivity index (χ2v) is 5.55. The fourth-order valence-electron chi connectivity index (χ4n) is 3.04. The zero-order chi connectivity index (χ0) is 13.0. The summed E-state index contributed by atoms with van der Waals surface area (Å²) in [4.78, 5) is 0. The third kappa shape index (κ3) is 3.26. The molecule has 1 aromatic rings. The van der Waals surface area contributed by atoms with Crippen LogP contribution in [0, 0.1) is 12.8 Å². The summed E-state index contributed by atoms with van der Waals surface area (Å²) >= 11 is 0. The molecule has 0 spiro atoms. The van der Waals surface area contributed by atoms with E-state index in [2.05, 4.69) is 25.1 Å². The van der Waals surface area contributed by atoms with Crippen LogP contribution in [0.2, 0.25) is 0 Å². The van der Waals surface area contributed by atoms with Crippen LogP contribution >= 0.6 is 0 Å². The summed E-state index contributed by atoms with van der Waals surface area (Å²) < 4.78 is 5.29. The lowest BCUT2D eigenvalue weighted by atomic mass is 9.81. The summed E-state index contributed by atoms with van der Waals surface area (Å²) in [6, 6.07) is 6.93. The molecule has 0 aromatic heterocycles. The minimum absolute atomic E-state index is 0.429. The van der Waals surface area contributed by atoms with Gasteiger partial charge in [0.15, 0.2) is 0 Å². The van der Waals surface area contributed by atoms with E-state index in [9.17, 15) is 0 Å². The third-order valence-corrected chi connectivity index (χ3v) is 4.23. The predicted octanol–water partition coefficient (Wildman–Crippen LogP) is 3.45. The van der Waals surface area contributed by atoms with Crippen molar-refractivity contribution in [3.63, 3.8) is 0 Å². The van der Waals surface area contributed by atoms with Crippen LogP contribution in [-0.2, 0) is 6.42 Å². The van der Waals surface area contributed by atoms with Gasteiger partial charge in [0.05, 0.1) is 7.11 Å². The zero-order valence-corrected chi connectivity index (χ0v) is 11.6. The lowest BCUT2D eigenvalue weighted by molar-refractivity contribution is 0.292. The first-order valence-corrected chi connectivity index (χ1v) is 7.10. The van der Waals surface area contributed by atoms with Crippen LogP contribution in [-0.4, -0.2) is 13.2 Å². The Balaban J connectivity index is 1.91. The second-order valence-electron chi connectivity index (χ2n) is 5.55. The predicted molar refractivity (Wildman–Crippen MR) is 76.0 cm³/mol. The zero-order valence-electron chi connectivity index (χ0n) is 11.6. The van der Waals surface area contributed by atoms with Gasteiger partial charge < -0.3 is 10.5 Å². The number of aryl methyl sites for hydroxylation is 2. The SMILES string of the molecule is COc1ccc(CCC2CCCCC2N)cc1C. The van der Waals surface area contributed by atoms with E-state index in [1.807, 2.05) is 0 Å². The Bertz CT molecular complexity index is 389. The van der Waals surface area contributed by atoms with Gasteiger partial charge in [-0.25, -0.2) is 0 Å². The molecule has 2 nitrogen and oxygen atoms in total. The van der Waals surface area contributed by atoms with Crippen LogP contribution in [0.1, 0.15) is 43.2 Å². The molecule has 0 saturated heterocycles. The molecule has 2 heteroatoms. The van der Waals surface area contributed by atoms with Crippen LogP contribution in [0.25, 0.3) is 0 Å². The molecule has 0 radical (unpaired) electrons. The largest absolute Gasteiger partial charge is 0.496 e. The van der Waals surface area contributed by atoms with Crippen molar-refractivity contribution in [1.29, 1.82) is 0 Å². The Morgan fingerprint density at radius 3 is 2.72 bits per heavy atom. The Morgan fingerprint density at radius 1 is 1.28 bits per heavy atom. The molecule has 1 saturated carbocycles. The highest BCUT2D eigenvalue weighted by atomic mass is 16.5. The normalized spacial score (nSPS) is 23.9. The van der Waals surface area contributed by atoms with Crippen LogP contribution in [0.15, 0.2) is 18.2 Å². The van der Waals surface area contributed by atoms with Gasteiger partial charge in [0.2, 0.25) is 0 Å². The molecular weight excluding hydrogens is 222 g/mol. The molecule has 0 heterocycles. The molecular formula is C16H25NO. The van der Waals surface area contributed by atoms with Crippen molar-refractivity contribution in [3.8, 4) is 5.75 Å². The molecule has 1 fully saturated rings. The molecule has 2 atom stereocenters. The highest BCUT2D eigenvalue weighted by Gasteiger charge is 2.21. The molecule has 1 aromatic carbocycles. The maximum Gasteiger partial charge on any atom is 0.121 e. The molecule has 2 N–H and O–H groups in total. The van der Waals surface area contributed by atoms with Crippen molar-refractivity contribution in [1.82, 2.24) is 0 Å². The molecule has 0 bridgehead atoms. The van der Waals surface area contributed by atoms with Gasteiger partial charge in [-0.15, -0.1) is 0 Å². The standard InChI is InChI=1S/C16H25NO/c1-12-11-13(8-10-16(12)18-2)7-9-14-5-3-4-6-15(14)17/h8,10-11,14-15H,3-7,9,17H2,1-2H3. The Labute approximate surface area is 111 Å². The van der Waals surface area contributed by atoms with E-state index in [1.165, 1.54) is 43.2 Å². The lowest BCUT2D eigenvalue weighted by Crippen LogP contribution is -2.33. The number of ether oxygens (including phenoxy) is 1. The van der Waals surface area contributed by atoms with Crippen molar-refractivity contribution in [3.05, 3.63) is 29.3 Å². The van der Waals surface area contributed by atoms with Crippen molar-refractivity contribution < 1.29 is 4.74 Å². The molecule has 0 amide bonds. The van der Waals surface area contributed by atoms with Gasteiger partial charge in [0.25, 0.3) is 0 Å². The fourth-order valence-corrected chi connectivity index (χ4v) is 3.04. The van der Waals surface area contributed by atoms with E-state index in [-0.39, 0.29) is 0 Å². The average molecular weight is 247 g/mol. The van der Waals surface area contributed by atoms with Crippen LogP contribution in [0.4, 0.5) is 0 Å². The molecule has 100 valence electrons. The molecule has 1 aliphatic carbocycles. The summed E-state index contributed by atoms with van der Waals surface area (Å²) in [6.07, 6.45) is 7.58. The van der Waals surface area contributed by atoms with Crippen molar-refractivity contribution >= 4 is 0 Å². The molecule has 2 rings (SSSR count). The van der Waals surface area contributed by atoms with Gasteiger partial charge in [-0.2, -0.15) is 0 Å².